The van der Waals surface area contributed by atoms with E-state index in [1.807, 2.05) is 30.3 Å². The van der Waals surface area contributed by atoms with Gasteiger partial charge in [0.25, 0.3) is 0 Å². The van der Waals surface area contributed by atoms with Crippen LogP contribution in [0.25, 0.3) is 105 Å². The van der Waals surface area contributed by atoms with Crippen molar-refractivity contribution >= 4 is 82.4 Å². The zero-order chi connectivity index (χ0) is 41.1. The van der Waals surface area contributed by atoms with E-state index in [0.29, 0.717) is 28.2 Å². The largest absolute Gasteiger partial charge is 0.309 e. The average Bonchev–Trinajstić information content (AvgIpc) is 4.06. The van der Waals surface area contributed by atoms with Gasteiger partial charge in [-0.3, -0.25) is 4.57 Å². The van der Waals surface area contributed by atoms with Crippen LogP contribution < -0.4 is 0 Å². The summed E-state index contributed by atoms with van der Waals surface area (Å²) in [4.78, 5) is 0. The Labute approximate surface area is 355 Å². The molecular formula is C56H32N6. The van der Waals surface area contributed by atoms with Crippen LogP contribution in [-0.2, 0) is 6.42 Å². The number of nitriles is 2. The van der Waals surface area contributed by atoms with Crippen LogP contribution in [-0.4, -0.2) is 18.3 Å². The monoisotopic (exact) mass is 788 g/mol. The highest BCUT2D eigenvalue weighted by Gasteiger charge is 2.35. The van der Waals surface area contributed by atoms with E-state index >= 15 is 0 Å². The normalized spacial score (nSPS) is 12.5. The van der Waals surface area contributed by atoms with Crippen LogP contribution in [0, 0.1) is 34.8 Å². The Balaban J connectivity index is 1.39. The lowest BCUT2D eigenvalue weighted by Gasteiger charge is -2.27. The molecule has 62 heavy (non-hydrogen) atoms. The van der Waals surface area contributed by atoms with Gasteiger partial charge in [-0.25, -0.2) is 0 Å². The van der Waals surface area contributed by atoms with Crippen molar-refractivity contribution in [2.24, 2.45) is 0 Å². The average molecular weight is 789 g/mol. The van der Waals surface area contributed by atoms with Gasteiger partial charge in [-0.1, -0.05) is 127 Å². The number of allylic oxidation sites excluding steroid dienone is 1. The van der Waals surface area contributed by atoms with Gasteiger partial charge in [-0.05, 0) is 67.4 Å². The van der Waals surface area contributed by atoms with Crippen molar-refractivity contribution in [3.05, 3.63) is 198 Å². The smallest absolute Gasteiger partial charge is 0.105 e. The maximum atomic E-state index is 12.1. The Morgan fingerprint density at radius 2 is 0.839 bits per heavy atom. The lowest BCUT2D eigenvalue weighted by Crippen LogP contribution is -2.18. The number of benzene rings is 7. The fourth-order valence-electron chi connectivity index (χ4n) is 10.6. The van der Waals surface area contributed by atoms with Gasteiger partial charge < -0.3 is 13.7 Å². The van der Waals surface area contributed by atoms with E-state index in [1.165, 1.54) is 0 Å². The lowest BCUT2D eigenvalue weighted by atomic mass is 9.98. The van der Waals surface area contributed by atoms with Gasteiger partial charge in [-0.15, -0.1) is 0 Å². The first kappa shape index (κ1) is 34.1. The molecule has 0 radical (unpaired) electrons. The third-order valence-electron chi connectivity index (χ3n) is 13.0. The summed E-state index contributed by atoms with van der Waals surface area (Å²) in [7, 11) is 0. The van der Waals surface area contributed by atoms with Crippen molar-refractivity contribution < 1.29 is 0 Å². The van der Waals surface area contributed by atoms with Crippen LogP contribution >= 0.6 is 0 Å². The summed E-state index contributed by atoms with van der Waals surface area (Å²) in [6.45, 7) is 0. The Kier molecular flexibility index (Phi) is 7.09. The van der Waals surface area contributed by atoms with E-state index in [2.05, 4.69) is 182 Å². The standard InChI is InChI=1S/C56H32N6/c57-33-43-53(59-45-25-9-1-17-35(45)36-18-2-10-26-46(36)59)44(34-58)55(61-49-29-13-5-21-39(49)40-22-6-14-30-50(40)61)56(62-51-31-15-7-23-41(51)42-24-8-16-32-52(42)62)54(43)60-47-27-11-3-19-37(47)38-20-4-12-28-48(38)60/h1-13,15,17-29,31H,16,32H2. The highest BCUT2D eigenvalue weighted by molar-refractivity contribution is 6.14. The minimum atomic E-state index is 0.380. The van der Waals surface area contributed by atoms with Gasteiger partial charge in [0.05, 0.1) is 55.8 Å². The Hall–Kier alpha value is -8.76. The fraction of sp³-hybridized carbons (Fsp3) is 0.0357. The van der Waals surface area contributed by atoms with Crippen LogP contribution in [0.3, 0.4) is 0 Å². The first-order valence-corrected chi connectivity index (χ1v) is 20.9. The Morgan fingerprint density at radius 3 is 1.35 bits per heavy atom. The first-order valence-electron chi connectivity index (χ1n) is 20.9. The van der Waals surface area contributed by atoms with Crippen molar-refractivity contribution in [3.8, 4) is 34.9 Å². The zero-order valence-corrected chi connectivity index (χ0v) is 33.3. The van der Waals surface area contributed by atoms with E-state index < -0.39 is 0 Å². The van der Waals surface area contributed by atoms with Crippen molar-refractivity contribution in [3.63, 3.8) is 0 Å². The van der Waals surface area contributed by atoms with Crippen molar-refractivity contribution in [1.29, 1.82) is 10.5 Å². The summed E-state index contributed by atoms with van der Waals surface area (Å²) in [6.07, 6.45) is 6.12. The molecule has 6 heteroatoms. The van der Waals surface area contributed by atoms with Crippen molar-refractivity contribution in [2.75, 3.05) is 0 Å². The zero-order valence-electron chi connectivity index (χ0n) is 33.3. The van der Waals surface area contributed by atoms with Gasteiger partial charge >= 0.3 is 0 Å². The predicted octanol–water partition coefficient (Wildman–Crippen LogP) is 13.2. The SMILES string of the molecule is N#Cc1c(-n2c3c#cccc3c3ccccc32)c(-n2c3c(c4ccccc42)C=CCC3)c(-n2c3ccccc3c3ccccc32)c(C#N)c1-n1c2ccccc2c2ccccc21. The van der Waals surface area contributed by atoms with E-state index in [1.54, 1.807) is 0 Å². The van der Waals surface area contributed by atoms with Gasteiger partial charge in [0, 0.05) is 49.0 Å². The van der Waals surface area contributed by atoms with Gasteiger partial charge in [0.2, 0.25) is 0 Å². The van der Waals surface area contributed by atoms with Crippen LogP contribution in [0.2, 0.25) is 0 Å². The summed E-state index contributed by atoms with van der Waals surface area (Å²) < 4.78 is 9.02. The van der Waals surface area contributed by atoms with Gasteiger partial charge in [0.1, 0.15) is 28.8 Å². The maximum Gasteiger partial charge on any atom is 0.105 e. The minimum Gasteiger partial charge on any atom is -0.309 e. The maximum absolute atomic E-state index is 12.1. The quantitative estimate of drug-likeness (QED) is 0.178. The molecule has 0 saturated heterocycles. The van der Waals surface area contributed by atoms with E-state index in [-0.39, 0.29) is 0 Å². The molecule has 0 saturated carbocycles. The second-order valence-corrected chi connectivity index (χ2v) is 16.0. The predicted molar refractivity (Wildman–Crippen MR) is 251 cm³/mol. The van der Waals surface area contributed by atoms with Gasteiger partial charge in [-0.2, -0.15) is 10.5 Å². The number of hydrogen-bond donors (Lipinski definition) is 0. The molecule has 0 bridgehead atoms. The van der Waals surface area contributed by atoms with E-state index in [4.69, 9.17) is 0 Å². The van der Waals surface area contributed by atoms with Crippen molar-refractivity contribution in [2.45, 2.75) is 12.8 Å². The molecule has 13 rings (SSSR count). The highest BCUT2D eigenvalue weighted by atomic mass is 15.1. The Morgan fingerprint density at radius 1 is 0.419 bits per heavy atom. The second-order valence-electron chi connectivity index (χ2n) is 16.0. The molecule has 0 amide bonds. The van der Waals surface area contributed by atoms with Crippen molar-refractivity contribution in [1.82, 2.24) is 18.3 Å². The molecule has 8 aromatic carbocycles. The molecule has 4 aromatic heterocycles. The molecule has 4 heterocycles. The van der Waals surface area contributed by atoms with Crippen LogP contribution in [0.4, 0.5) is 0 Å². The first-order chi connectivity index (χ1) is 30.8. The fourth-order valence-corrected chi connectivity index (χ4v) is 10.6. The molecule has 0 unspecified atom stereocenters. The number of fused-ring (bicyclic) bond motifs is 12. The van der Waals surface area contributed by atoms with Gasteiger partial charge in [0.15, 0.2) is 0 Å². The number of aromatic nitrogens is 4. The molecule has 0 atom stereocenters. The summed E-state index contributed by atoms with van der Waals surface area (Å²) >= 11 is 0. The molecular weight excluding hydrogens is 757 g/mol. The van der Waals surface area contributed by atoms with Crippen LogP contribution in [0.5, 0.6) is 0 Å². The molecule has 1 aliphatic rings. The summed E-state index contributed by atoms with van der Waals surface area (Å²) in [5.41, 5.74) is 12.1. The topological polar surface area (TPSA) is 67.3 Å². The highest BCUT2D eigenvalue weighted by Crippen LogP contribution is 2.48. The Bertz CT molecular complexity index is 3700. The lowest BCUT2D eigenvalue weighted by molar-refractivity contribution is 0.875. The van der Waals surface area contributed by atoms with E-state index in [0.717, 1.165) is 106 Å². The second kappa shape index (κ2) is 12.9. The molecule has 0 fully saturated rings. The molecule has 0 spiro atoms. The number of para-hydroxylation sites is 6. The van der Waals surface area contributed by atoms with Crippen LogP contribution in [0.1, 0.15) is 28.8 Å². The molecule has 1 aliphatic carbocycles. The number of nitrogens with zero attached hydrogens (tertiary/aromatic N) is 6. The molecule has 286 valence electrons. The molecule has 0 N–H and O–H groups in total. The summed E-state index contributed by atoms with van der Waals surface area (Å²) in [6, 6.07) is 66.8. The molecule has 12 aromatic rings. The third-order valence-corrected chi connectivity index (χ3v) is 13.0. The number of rotatable bonds is 4. The summed E-state index contributed by atoms with van der Waals surface area (Å²) in [5, 5.41) is 31.6. The molecule has 0 aliphatic heterocycles. The number of hydrogen-bond acceptors (Lipinski definition) is 2. The summed E-state index contributed by atoms with van der Waals surface area (Å²) in [5.74, 6) is 0. The minimum absolute atomic E-state index is 0.380. The molecule has 6 nitrogen and oxygen atoms in total. The van der Waals surface area contributed by atoms with E-state index in [9.17, 15) is 10.5 Å². The third kappa shape index (κ3) is 4.41. The van der Waals surface area contributed by atoms with Crippen LogP contribution in [0.15, 0.2) is 164 Å².